The molecule has 1 heterocycles. The number of nitrogens with one attached hydrogen (secondary N) is 2. The van der Waals surface area contributed by atoms with Crippen molar-refractivity contribution < 1.29 is 17.7 Å². The number of sulfonamides is 1. The van der Waals surface area contributed by atoms with Crippen molar-refractivity contribution in [3.63, 3.8) is 0 Å². The third kappa shape index (κ3) is 5.90. The van der Waals surface area contributed by atoms with Crippen molar-refractivity contribution in [2.75, 3.05) is 0 Å². The molecule has 2 aromatic rings. The normalized spacial score (nSPS) is 12.0. The second-order valence-electron chi connectivity index (χ2n) is 7.19. The zero-order valence-electron chi connectivity index (χ0n) is 16.4. The zero-order chi connectivity index (χ0) is 20.2. The highest BCUT2D eigenvalue weighted by Crippen LogP contribution is 2.22. The maximum absolute atomic E-state index is 12.5. The molecule has 148 valence electrons. The van der Waals surface area contributed by atoms with Gasteiger partial charge in [-0.2, -0.15) is 0 Å². The summed E-state index contributed by atoms with van der Waals surface area (Å²) in [4.78, 5) is 12.5. The standard InChI is InChI=1S/C19H27N3O4S/c1-12(2)18-17(14(5)21-26-18)19(23)20-10-15-6-8-16(9-7-15)11-27(24,25)22-13(3)4/h6-9,12-13,22H,10-11H2,1-5H3,(H,20,23). The molecule has 0 fully saturated rings. The van der Waals surface area contributed by atoms with Crippen LogP contribution in [0.3, 0.4) is 0 Å². The third-order valence-electron chi connectivity index (χ3n) is 3.89. The van der Waals surface area contributed by atoms with Gasteiger partial charge in [-0.15, -0.1) is 0 Å². The van der Waals surface area contributed by atoms with E-state index in [-0.39, 0.29) is 23.6 Å². The van der Waals surface area contributed by atoms with Crippen LogP contribution in [0.4, 0.5) is 0 Å². The lowest BCUT2D eigenvalue weighted by Gasteiger charge is -2.10. The lowest BCUT2D eigenvalue weighted by Crippen LogP contribution is -2.31. The van der Waals surface area contributed by atoms with Crippen molar-refractivity contribution in [2.24, 2.45) is 0 Å². The number of aryl methyl sites for hydroxylation is 1. The minimum absolute atomic E-state index is 0.0626. The fraction of sp³-hybridized carbons (Fsp3) is 0.474. The molecule has 2 rings (SSSR count). The number of aromatic nitrogens is 1. The number of benzene rings is 1. The van der Waals surface area contributed by atoms with Crippen LogP contribution in [0.5, 0.6) is 0 Å². The Labute approximate surface area is 160 Å². The smallest absolute Gasteiger partial charge is 0.257 e. The van der Waals surface area contributed by atoms with E-state index in [1.54, 1.807) is 32.9 Å². The maximum Gasteiger partial charge on any atom is 0.257 e. The third-order valence-corrected chi connectivity index (χ3v) is 5.43. The summed E-state index contributed by atoms with van der Waals surface area (Å²) in [6, 6.07) is 6.99. The molecule has 2 N–H and O–H groups in total. The Morgan fingerprint density at radius 1 is 1.11 bits per heavy atom. The fourth-order valence-electron chi connectivity index (χ4n) is 2.70. The van der Waals surface area contributed by atoms with Gasteiger partial charge in [-0.25, -0.2) is 13.1 Å². The first-order valence-corrected chi connectivity index (χ1v) is 10.6. The molecular formula is C19H27N3O4S. The van der Waals surface area contributed by atoms with Crippen LogP contribution in [0.15, 0.2) is 28.8 Å². The molecule has 0 aliphatic rings. The van der Waals surface area contributed by atoms with Gasteiger partial charge in [-0.05, 0) is 31.9 Å². The first-order valence-electron chi connectivity index (χ1n) is 8.91. The summed E-state index contributed by atoms with van der Waals surface area (Å²) >= 11 is 0. The van der Waals surface area contributed by atoms with Gasteiger partial charge in [0, 0.05) is 18.5 Å². The second-order valence-corrected chi connectivity index (χ2v) is 8.95. The first kappa shape index (κ1) is 21.1. The minimum Gasteiger partial charge on any atom is -0.360 e. The summed E-state index contributed by atoms with van der Waals surface area (Å²) in [5.41, 5.74) is 2.61. The van der Waals surface area contributed by atoms with Gasteiger partial charge in [-0.1, -0.05) is 43.3 Å². The molecule has 0 atom stereocenters. The second kappa shape index (κ2) is 8.67. The predicted molar refractivity (Wildman–Crippen MR) is 104 cm³/mol. The van der Waals surface area contributed by atoms with Crippen molar-refractivity contribution in [3.05, 3.63) is 52.4 Å². The van der Waals surface area contributed by atoms with E-state index in [4.69, 9.17) is 4.52 Å². The summed E-state index contributed by atoms with van der Waals surface area (Å²) in [5, 5.41) is 6.74. The predicted octanol–water partition coefficient (Wildman–Crippen LogP) is 2.86. The number of rotatable bonds is 8. The number of nitrogens with zero attached hydrogens (tertiary/aromatic N) is 1. The summed E-state index contributed by atoms with van der Waals surface area (Å²) in [5.74, 6) is 0.330. The number of hydrogen-bond acceptors (Lipinski definition) is 5. The van der Waals surface area contributed by atoms with Crippen LogP contribution in [0.25, 0.3) is 0 Å². The highest BCUT2D eigenvalue weighted by atomic mass is 32.2. The van der Waals surface area contributed by atoms with Crippen LogP contribution in [0, 0.1) is 6.92 Å². The number of hydrogen-bond donors (Lipinski definition) is 2. The van der Waals surface area contributed by atoms with Crippen molar-refractivity contribution in [2.45, 2.75) is 58.9 Å². The molecule has 0 saturated carbocycles. The molecule has 0 aliphatic heterocycles. The van der Waals surface area contributed by atoms with E-state index in [1.165, 1.54) is 0 Å². The molecule has 7 nitrogen and oxygen atoms in total. The van der Waals surface area contributed by atoms with Crippen LogP contribution in [0.1, 0.15) is 66.6 Å². The van der Waals surface area contributed by atoms with Gasteiger partial charge >= 0.3 is 0 Å². The Morgan fingerprint density at radius 3 is 2.26 bits per heavy atom. The van der Waals surface area contributed by atoms with Gasteiger partial charge in [0.25, 0.3) is 5.91 Å². The van der Waals surface area contributed by atoms with E-state index in [2.05, 4.69) is 15.2 Å². The van der Waals surface area contributed by atoms with Crippen LogP contribution in [0.2, 0.25) is 0 Å². The zero-order valence-corrected chi connectivity index (χ0v) is 17.2. The molecule has 1 aromatic carbocycles. The first-order chi connectivity index (χ1) is 12.6. The van der Waals surface area contributed by atoms with Crippen LogP contribution >= 0.6 is 0 Å². The summed E-state index contributed by atoms with van der Waals surface area (Å²) in [7, 11) is -3.36. The van der Waals surface area contributed by atoms with E-state index < -0.39 is 10.0 Å². The summed E-state index contributed by atoms with van der Waals surface area (Å²) in [6.07, 6.45) is 0. The minimum atomic E-state index is -3.36. The van der Waals surface area contributed by atoms with Crippen LogP contribution in [-0.2, 0) is 22.3 Å². The lowest BCUT2D eigenvalue weighted by atomic mass is 10.0. The molecule has 0 aliphatic carbocycles. The Balaban J connectivity index is 1.99. The van der Waals surface area contributed by atoms with E-state index in [0.29, 0.717) is 29.1 Å². The van der Waals surface area contributed by atoms with E-state index in [9.17, 15) is 13.2 Å². The molecule has 1 aromatic heterocycles. The molecule has 8 heteroatoms. The number of carbonyl (C=O) groups is 1. The molecule has 0 spiro atoms. The van der Waals surface area contributed by atoms with Crippen LogP contribution < -0.4 is 10.0 Å². The van der Waals surface area contributed by atoms with Gasteiger partial charge in [0.05, 0.1) is 11.4 Å². The van der Waals surface area contributed by atoms with Crippen molar-refractivity contribution in [3.8, 4) is 0 Å². The number of amides is 1. The van der Waals surface area contributed by atoms with Crippen LogP contribution in [-0.4, -0.2) is 25.5 Å². The molecule has 0 radical (unpaired) electrons. The molecule has 0 bridgehead atoms. The monoisotopic (exact) mass is 393 g/mol. The quantitative estimate of drug-likeness (QED) is 0.718. The van der Waals surface area contributed by atoms with Crippen molar-refractivity contribution >= 4 is 15.9 Å². The average Bonchev–Trinajstić information content (AvgIpc) is 2.94. The molecule has 1 amide bonds. The van der Waals surface area contributed by atoms with Crippen molar-refractivity contribution in [1.29, 1.82) is 0 Å². The molecule has 27 heavy (non-hydrogen) atoms. The van der Waals surface area contributed by atoms with Gasteiger partial charge < -0.3 is 9.84 Å². The highest BCUT2D eigenvalue weighted by molar-refractivity contribution is 7.88. The number of carbonyl (C=O) groups excluding carboxylic acids is 1. The highest BCUT2D eigenvalue weighted by Gasteiger charge is 2.22. The summed E-state index contributed by atoms with van der Waals surface area (Å²) in [6.45, 7) is 9.52. The Hall–Kier alpha value is -2.19. The van der Waals surface area contributed by atoms with Gasteiger partial charge in [-0.3, -0.25) is 4.79 Å². The largest absolute Gasteiger partial charge is 0.360 e. The Morgan fingerprint density at radius 2 is 1.70 bits per heavy atom. The van der Waals surface area contributed by atoms with Gasteiger partial charge in [0.2, 0.25) is 10.0 Å². The van der Waals surface area contributed by atoms with Gasteiger partial charge in [0.15, 0.2) is 5.76 Å². The Kier molecular flexibility index (Phi) is 6.78. The maximum atomic E-state index is 12.5. The molecule has 0 saturated heterocycles. The molecule has 0 unspecified atom stereocenters. The van der Waals surface area contributed by atoms with Gasteiger partial charge in [0.1, 0.15) is 5.56 Å². The summed E-state index contributed by atoms with van der Waals surface area (Å²) < 4.78 is 31.8. The fourth-order valence-corrected chi connectivity index (χ4v) is 4.13. The van der Waals surface area contributed by atoms with Crippen molar-refractivity contribution in [1.82, 2.24) is 15.2 Å². The SMILES string of the molecule is Cc1noc(C(C)C)c1C(=O)NCc1ccc(CS(=O)(=O)NC(C)C)cc1. The van der Waals surface area contributed by atoms with E-state index in [0.717, 1.165) is 5.56 Å². The van der Waals surface area contributed by atoms with E-state index in [1.807, 2.05) is 26.0 Å². The average molecular weight is 394 g/mol. The lowest BCUT2D eigenvalue weighted by molar-refractivity contribution is 0.0948. The Bertz CT molecular complexity index is 884. The molecular weight excluding hydrogens is 366 g/mol. The van der Waals surface area contributed by atoms with E-state index >= 15 is 0 Å². The topological polar surface area (TPSA) is 101 Å².